The topological polar surface area (TPSA) is 129 Å². The second kappa shape index (κ2) is 14.3. The van der Waals surface area contributed by atoms with E-state index < -0.39 is 24.2 Å². The summed E-state index contributed by atoms with van der Waals surface area (Å²) in [6.45, 7) is 3.39. The molecular formula is C28H34ClIN2O7. The molecule has 39 heavy (non-hydrogen) atoms. The predicted molar refractivity (Wildman–Crippen MR) is 155 cm³/mol. The molecule has 0 spiro atoms. The molecule has 9 nitrogen and oxygen atoms in total. The van der Waals surface area contributed by atoms with E-state index in [0.717, 1.165) is 5.56 Å². The van der Waals surface area contributed by atoms with Gasteiger partial charge in [0.2, 0.25) is 11.8 Å². The number of ether oxygens (including phenoxy) is 2. The third-order valence-corrected chi connectivity index (χ3v) is 7.44. The number of hydrogen-bond donors (Lipinski definition) is 4. The highest BCUT2D eigenvalue weighted by Crippen LogP contribution is 2.37. The zero-order valence-electron chi connectivity index (χ0n) is 22.1. The minimum absolute atomic E-state index is 0.0582. The minimum Gasteiger partial charge on any atom is -0.493 e. The summed E-state index contributed by atoms with van der Waals surface area (Å²) in [7, 11) is 1.47. The molecule has 3 unspecified atom stereocenters. The number of benzene rings is 2. The van der Waals surface area contributed by atoms with Gasteiger partial charge in [0.1, 0.15) is 12.2 Å². The summed E-state index contributed by atoms with van der Waals surface area (Å²) in [5.74, 6) is -0.282. The number of nitrogens with zero attached hydrogens (tertiary/aromatic N) is 1. The molecule has 0 saturated heterocycles. The Morgan fingerprint density at radius 3 is 2.46 bits per heavy atom. The molecule has 3 rings (SSSR count). The van der Waals surface area contributed by atoms with Crippen molar-refractivity contribution in [3.63, 3.8) is 0 Å². The summed E-state index contributed by atoms with van der Waals surface area (Å²) >= 11 is 8.10. The number of rotatable bonds is 11. The van der Waals surface area contributed by atoms with Crippen LogP contribution in [0.5, 0.6) is 11.5 Å². The first-order chi connectivity index (χ1) is 18.6. The Morgan fingerprint density at radius 1 is 1.18 bits per heavy atom. The van der Waals surface area contributed by atoms with Crippen LogP contribution in [0.15, 0.2) is 48.0 Å². The molecule has 0 aliphatic heterocycles. The largest absolute Gasteiger partial charge is 0.493 e. The molecule has 2 aromatic carbocycles. The van der Waals surface area contributed by atoms with Crippen molar-refractivity contribution in [2.45, 2.75) is 51.7 Å². The van der Waals surface area contributed by atoms with Crippen molar-refractivity contribution in [1.29, 1.82) is 0 Å². The fourth-order valence-electron chi connectivity index (χ4n) is 4.37. The van der Waals surface area contributed by atoms with Gasteiger partial charge in [0.25, 0.3) is 0 Å². The molecule has 1 aliphatic carbocycles. The first-order valence-electron chi connectivity index (χ1n) is 12.6. The van der Waals surface area contributed by atoms with E-state index in [1.807, 2.05) is 12.1 Å². The van der Waals surface area contributed by atoms with E-state index in [-0.39, 0.29) is 44.5 Å². The molecule has 2 amide bonds. The van der Waals surface area contributed by atoms with Gasteiger partial charge in [-0.3, -0.25) is 9.59 Å². The highest BCUT2D eigenvalue weighted by Gasteiger charge is 2.41. The lowest BCUT2D eigenvalue weighted by Gasteiger charge is -2.41. The Balaban J connectivity index is 2.04. The fourth-order valence-corrected chi connectivity index (χ4v) is 5.29. The Bertz CT molecular complexity index is 1190. The lowest BCUT2D eigenvalue weighted by atomic mass is 9.87. The van der Waals surface area contributed by atoms with Crippen molar-refractivity contribution in [2.75, 3.05) is 20.3 Å². The number of methoxy groups -OCH3 is 1. The summed E-state index contributed by atoms with van der Waals surface area (Å²) in [6.07, 6.45) is -0.563. The van der Waals surface area contributed by atoms with Gasteiger partial charge in [0, 0.05) is 36.0 Å². The molecular weight excluding hydrogens is 639 g/mol. The molecule has 0 fully saturated rings. The maximum absolute atomic E-state index is 13.4. The van der Waals surface area contributed by atoms with Gasteiger partial charge < -0.3 is 35.0 Å². The molecule has 0 aromatic heterocycles. The predicted octanol–water partition coefficient (Wildman–Crippen LogP) is 3.05. The van der Waals surface area contributed by atoms with Crippen LogP contribution in [0.3, 0.4) is 0 Å². The number of aliphatic hydroxyl groups excluding tert-OH is 3. The summed E-state index contributed by atoms with van der Waals surface area (Å²) in [5.41, 5.74) is 1.76. The van der Waals surface area contributed by atoms with Crippen LogP contribution in [-0.2, 0) is 22.7 Å². The van der Waals surface area contributed by atoms with Crippen LogP contribution in [0.2, 0.25) is 5.02 Å². The Labute approximate surface area is 246 Å². The van der Waals surface area contributed by atoms with E-state index >= 15 is 0 Å². The third-order valence-electron chi connectivity index (χ3n) is 6.38. The zero-order chi connectivity index (χ0) is 28.7. The van der Waals surface area contributed by atoms with Crippen LogP contribution in [0.25, 0.3) is 0 Å². The standard InChI is InChI=1S/C28H34ClIN2O7/c1-16(2)28(37)32(14-17-4-6-20(29)7-5-17)22-12-19(27(36)31-8-9-33)13-23(25(22)35)39-26-21(30)10-18(15-34)11-24(26)38-3/h4-7,10-11,13,16,22-23,25,33-35H,8-9,12,14-15H2,1-3H3,(H,31,36). The Kier molecular flexibility index (Phi) is 11.4. The quantitative estimate of drug-likeness (QED) is 0.270. The molecule has 11 heteroatoms. The molecule has 0 radical (unpaired) electrons. The van der Waals surface area contributed by atoms with Gasteiger partial charge >= 0.3 is 0 Å². The average molecular weight is 673 g/mol. The summed E-state index contributed by atoms with van der Waals surface area (Å²) in [6, 6.07) is 9.67. The molecule has 3 atom stereocenters. The van der Waals surface area contributed by atoms with Crippen LogP contribution in [-0.4, -0.2) is 70.5 Å². The maximum Gasteiger partial charge on any atom is 0.247 e. The van der Waals surface area contributed by atoms with E-state index in [4.69, 9.17) is 21.1 Å². The van der Waals surface area contributed by atoms with Gasteiger partial charge in [0.15, 0.2) is 11.5 Å². The first-order valence-corrected chi connectivity index (χ1v) is 14.0. The van der Waals surface area contributed by atoms with Gasteiger partial charge in [-0.25, -0.2) is 0 Å². The van der Waals surface area contributed by atoms with E-state index in [0.29, 0.717) is 31.2 Å². The summed E-state index contributed by atoms with van der Waals surface area (Å²) in [4.78, 5) is 28.0. The van der Waals surface area contributed by atoms with Crippen LogP contribution in [0.4, 0.5) is 0 Å². The number of halogens is 2. The zero-order valence-corrected chi connectivity index (χ0v) is 25.0. The third kappa shape index (κ3) is 7.85. The van der Waals surface area contributed by atoms with Crippen LogP contribution < -0.4 is 14.8 Å². The van der Waals surface area contributed by atoms with Gasteiger partial charge in [0.05, 0.1) is 29.9 Å². The van der Waals surface area contributed by atoms with Gasteiger partial charge in [-0.15, -0.1) is 0 Å². The highest BCUT2D eigenvalue weighted by molar-refractivity contribution is 14.1. The monoisotopic (exact) mass is 672 g/mol. The Morgan fingerprint density at radius 2 is 1.87 bits per heavy atom. The highest BCUT2D eigenvalue weighted by atomic mass is 127. The Hall–Kier alpha value is -2.38. The molecule has 212 valence electrons. The van der Waals surface area contributed by atoms with Gasteiger partial charge in [-0.2, -0.15) is 0 Å². The van der Waals surface area contributed by atoms with Gasteiger partial charge in [-0.05, 0) is 64.1 Å². The second-order valence-electron chi connectivity index (χ2n) is 9.53. The van der Waals surface area contributed by atoms with Crippen molar-refractivity contribution in [2.24, 2.45) is 5.92 Å². The normalized spacial score (nSPS) is 18.9. The number of hydrogen-bond acceptors (Lipinski definition) is 7. The van der Waals surface area contributed by atoms with Crippen molar-refractivity contribution in [1.82, 2.24) is 10.2 Å². The number of carbonyl (C=O) groups excluding carboxylic acids is 2. The van der Waals surface area contributed by atoms with Crippen LogP contribution in [0, 0.1) is 9.49 Å². The number of carbonyl (C=O) groups is 2. The number of aliphatic hydroxyl groups is 3. The fraction of sp³-hybridized carbons (Fsp3) is 0.429. The van der Waals surface area contributed by atoms with E-state index in [1.165, 1.54) is 7.11 Å². The molecule has 4 N–H and O–H groups in total. The SMILES string of the molecule is COc1cc(CO)cc(I)c1OC1C=C(C(=O)NCCO)CC(N(Cc2ccc(Cl)cc2)C(=O)C(C)C)C1O. The molecule has 0 heterocycles. The molecule has 0 saturated carbocycles. The van der Waals surface area contributed by atoms with E-state index in [2.05, 4.69) is 27.9 Å². The molecule has 0 bridgehead atoms. The maximum atomic E-state index is 13.4. The van der Waals surface area contributed by atoms with Crippen molar-refractivity contribution in [3.8, 4) is 11.5 Å². The van der Waals surface area contributed by atoms with Gasteiger partial charge in [-0.1, -0.05) is 37.6 Å². The minimum atomic E-state index is -1.19. The van der Waals surface area contributed by atoms with Crippen LogP contribution >= 0.6 is 34.2 Å². The smallest absolute Gasteiger partial charge is 0.247 e. The molecule has 1 aliphatic rings. The summed E-state index contributed by atoms with van der Waals surface area (Å²) in [5, 5.41) is 33.6. The first kappa shape index (κ1) is 31.2. The van der Waals surface area contributed by atoms with Crippen molar-refractivity contribution >= 4 is 46.0 Å². The van der Waals surface area contributed by atoms with Crippen LogP contribution in [0.1, 0.15) is 31.4 Å². The lowest BCUT2D eigenvalue weighted by Crippen LogP contribution is -2.55. The lowest BCUT2D eigenvalue weighted by molar-refractivity contribution is -0.142. The second-order valence-corrected chi connectivity index (χ2v) is 11.1. The molecule has 2 aromatic rings. The number of amides is 2. The van der Waals surface area contributed by atoms with E-state index in [1.54, 1.807) is 49.1 Å². The van der Waals surface area contributed by atoms with Crippen molar-refractivity contribution < 1.29 is 34.4 Å². The average Bonchev–Trinajstić information content (AvgIpc) is 2.92. The van der Waals surface area contributed by atoms with Crippen molar-refractivity contribution in [3.05, 3.63) is 67.8 Å². The number of nitrogens with one attached hydrogen (secondary N) is 1. The summed E-state index contributed by atoms with van der Waals surface area (Å²) < 4.78 is 12.4. The van der Waals surface area contributed by atoms with E-state index in [9.17, 15) is 24.9 Å².